The Bertz CT molecular complexity index is 1190. The molecule has 0 aliphatic carbocycles. The Morgan fingerprint density at radius 2 is 1.81 bits per heavy atom. The molecular weight excluding hydrogens is 416 g/mol. The first-order valence-electron chi connectivity index (χ1n) is 9.55. The smallest absolute Gasteiger partial charge is 0.260 e. The SMILES string of the molecule is COc1cc(OC)cc(C(=O)N(Cc2ccco2)c2nc3c(OC)ccc(C)c3s2)c1. The summed E-state index contributed by atoms with van der Waals surface area (Å²) in [6, 6.07) is 12.6. The van der Waals surface area contributed by atoms with Crippen LogP contribution in [0.15, 0.2) is 53.1 Å². The molecule has 8 heteroatoms. The normalized spacial score (nSPS) is 10.8. The first-order chi connectivity index (χ1) is 15.0. The van der Waals surface area contributed by atoms with Crippen LogP contribution in [-0.4, -0.2) is 32.2 Å². The maximum atomic E-state index is 13.6. The van der Waals surface area contributed by atoms with Gasteiger partial charge in [-0.15, -0.1) is 0 Å². The number of benzene rings is 2. The van der Waals surface area contributed by atoms with Gasteiger partial charge in [-0.05, 0) is 42.8 Å². The second kappa shape index (κ2) is 8.69. The standard InChI is InChI=1S/C23H22N2O5S/c1-14-7-8-19(29-4)20-21(14)31-23(24-20)25(13-16-6-5-9-30-16)22(26)15-10-17(27-2)12-18(11-15)28-3/h5-12H,13H2,1-4H3. The summed E-state index contributed by atoms with van der Waals surface area (Å²) in [6.45, 7) is 2.24. The zero-order valence-electron chi connectivity index (χ0n) is 17.7. The molecule has 0 spiro atoms. The second-order valence-corrected chi connectivity index (χ2v) is 7.81. The first kappa shape index (κ1) is 20.7. The molecule has 0 radical (unpaired) electrons. The summed E-state index contributed by atoms with van der Waals surface area (Å²) in [5.41, 5.74) is 2.21. The predicted octanol–water partition coefficient (Wildman–Crippen LogP) is 5.07. The molecule has 7 nitrogen and oxygen atoms in total. The molecule has 0 aliphatic heterocycles. The van der Waals surface area contributed by atoms with E-state index in [9.17, 15) is 4.79 Å². The Hall–Kier alpha value is -3.52. The summed E-state index contributed by atoms with van der Waals surface area (Å²) in [4.78, 5) is 20.0. The van der Waals surface area contributed by atoms with E-state index in [1.54, 1.807) is 56.8 Å². The van der Waals surface area contributed by atoms with Crippen LogP contribution >= 0.6 is 11.3 Å². The van der Waals surface area contributed by atoms with E-state index in [2.05, 4.69) is 0 Å². The number of fused-ring (bicyclic) bond motifs is 1. The fourth-order valence-electron chi connectivity index (χ4n) is 3.25. The van der Waals surface area contributed by atoms with E-state index in [1.165, 1.54) is 11.3 Å². The minimum absolute atomic E-state index is 0.229. The summed E-state index contributed by atoms with van der Waals surface area (Å²) >= 11 is 1.44. The highest BCUT2D eigenvalue weighted by atomic mass is 32.1. The number of ether oxygens (including phenoxy) is 3. The van der Waals surface area contributed by atoms with E-state index in [-0.39, 0.29) is 12.5 Å². The third-order valence-corrected chi connectivity index (χ3v) is 6.09. The summed E-state index contributed by atoms with van der Waals surface area (Å²) in [6.07, 6.45) is 1.58. The largest absolute Gasteiger partial charge is 0.497 e. The molecule has 0 N–H and O–H groups in total. The Kier molecular flexibility index (Phi) is 5.81. The van der Waals surface area contributed by atoms with Gasteiger partial charge in [-0.1, -0.05) is 17.4 Å². The number of carbonyl (C=O) groups excluding carboxylic acids is 1. The average Bonchev–Trinajstić information content (AvgIpc) is 3.47. The van der Waals surface area contributed by atoms with Gasteiger partial charge in [-0.25, -0.2) is 4.98 Å². The number of anilines is 1. The van der Waals surface area contributed by atoms with Gasteiger partial charge in [0.1, 0.15) is 28.5 Å². The summed E-state index contributed by atoms with van der Waals surface area (Å²) in [5.74, 6) is 2.12. The van der Waals surface area contributed by atoms with Crippen molar-refractivity contribution in [2.24, 2.45) is 0 Å². The van der Waals surface area contributed by atoms with Gasteiger partial charge in [-0.2, -0.15) is 0 Å². The molecule has 2 heterocycles. The Morgan fingerprint density at radius 1 is 1.06 bits per heavy atom. The van der Waals surface area contributed by atoms with Crippen LogP contribution in [0.25, 0.3) is 10.2 Å². The van der Waals surface area contributed by atoms with Crippen molar-refractivity contribution in [2.45, 2.75) is 13.5 Å². The number of hydrogen-bond acceptors (Lipinski definition) is 7. The molecule has 4 aromatic rings. The lowest BCUT2D eigenvalue weighted by molar-refractivity contribution is 0.0982. The van der Waals surface area contributed by atoms with Gasteiger partial charge in [0, 0.05) is 11.6 Å². The van der Waals surface area contributed by atoms with Crippen LogP contribution in [0.1, 0.15) is 21.7 Å². The zero-order chi connectivity index (χ0) is 22.0. The summed E-state index contributed by atoms with van der Waals surface area (Å²) in [5, 5.41) is 0.547. The Morgan fingerprint density at radius 3 is 2.42 bits per heavy atom. The number of furan rings is 1. The molecular formula is C23H22N2O5S. The summed E-state index contributed by atoms with van der Waals surface area (Å²) < 4.78 is 22.6. The molecule has 160 valence electrons. The minimum Gasteiger partial charge on any atom is -0.497 e. The van der Waals surface area contributed by atoms with Crippen molar-refractivity contribution in [3.8, 4) is 17.2 Å². The van der Waals surface area contributed by atoms with Crippen LogP contribution in [0.2, 0.25) is 0 Å². The molecule has 4 rings (SSSR count). The van der Waals surface area contributed by atoms with Gasteiger partial charge in [0.2, 0.25) is 0 Å². The summed E-state index contributed by atoms with van der Waals surface area (Å²) in [7, 11) is 4.70. The molecule has 1 amide bonds. The zero-order valence-corrected chi connectivity index (χ0v) is 18.5. The van der Waals surface area contributed by atoms with Gasteiger partial charge in [0.15, 0.2) is 5.13 Å². The number of thiazole rings is 1. The topological polar surface area (TPSA) is 74.0 Å². The maximum Gasteiger partial charge on any atom is 0.260 e. The van der Waals surface area contributed by atoms with Crippen molar-refractivity contribution in [3.63, 3.8) is 0 Å². The van der Waals surface area contributed by atoms with Gasteiger partial charge in [-0.3, -0.25) is 9.69 Å². The monoisotopic (exact) mass is 438 g/mol. The van der Waals surface area contributed by atoms with Gasteiger partial charge < -0.3 is 18.6 Å². The molecule has 2 aromatic carbocycles. The Labute approximate surface area is 183 Å². The molecule has 2 aromatic heterocycles. The highest BCUT2D eigenvalue weighted by Gasteiger charge is 2.25. The first-order valence-corrected chi connectivity index (χ1v) is 10.4. The fraction of sp³-hybridized carbons (Fsp3) is 0.217. The number of amides is 1. The van der Waals surface area contributed by atoms with Crippen molar-refractivity contribution in [3.05, 3.63) is 65.6 Å². The number of hydrogen-bond donors (Lipinski definition) is 0. The van der Waals surface area contributed by atoms with Crippen LogP contribution in [0.3, 0.4) is 0 Å². The van der Waals surface area contributed by atoms with E-state index in [0.717, 1.165) is 15.8 Å². The van der Waals surface area contributed by atoms with Crippen LogP contribution < -0.4 is 19.1 Å². The van der Waals surface area contributed by atoms with Crippen molar-refractivity contribution in [1.29, 1.82) is 0 Å². The lowest BCUT2D eigenvalue weighted by Gasteiger charge is -2.19. The number of nitrogens with zero attached hydrogens (tertiary/aromatic N) is 2. The number of aromatic nitrogens is 1. The highest BCUT2D eigenvalue weighted by Crippen LogP contribution is 2.37. The number of aryl methyl sites for hydroxylation is 1. The lowest BCUT2D eigenvalue weighted by atomic mass is 10.1. The molecule has 0 aliphatic rings. The van der Waals surface area contributed by atoms with Crippen molar-refractivity contribution < 1.29 is 23.4 Å². The van der Waals surface area contributed by atoms with E-state index in [4.69, 9.17) is 23.6 Å². The maximum absolute atomic E-state index is 13.6. The minimum atomic E-state index is -0.246. The quantitative estimate of drug-likeness (QED) is 0.401. The van der Waals surface area contributed by atoms with E-state index in [0.29, 0.717) is 33.7 Å². The lowest BCUT2D eigenvalue weighted by Crippen LogP contribution is -2.30. The highest BCUT2D eigenvalue weighted by molar-refractivity contribution is 7.22. The van der Waals surface area contributed by atoms with E-state index in [1.807, 2.05) is 25.1 Å². The van der Waals surface area contributed by atoms with Crippen LogP contribution in [0, 0.1) is 6.92 Å². The van der Waals surface area contributed by atoms with Crippen LogP contribution in [0.5, 0.6) is 17.2 Å². The van der Waals surface area contributed by atoms with Crippen molar-refractivity contribution >= 4 is 32.6 Å². The molecule has 0 unspecified atom stereocenters. The molecule has 0 bridgehead atoms. The van der Waals surface area contributed by atoms with Crippen LogP contribution in [-0.2, 0) is 6.54 Å². The predicted molar refractivity (Wildman–Crippen MR) is 120 cm³/mol. The van der Waals surface area contributed by atoms with Crippen LogP contribution in [0.4, 0.5) is 5.13 Å². The van der Waals surface area contributed by atoms with Gasteiger partial charge in [0.05, 0.1) is 38.8 Å². The van der Waals surface area contributed by atoms with Gasteiger partial charge in [0.25, 0.3) is 5.91 Å². The third-order valence-electron chi connectivity index (χ3n) is 4.88. The molecule has 0 saturated carbocycles. The van der Waals surface area contributed by atoms with E-state index >= 15 is 0 Å². The fourth-order valence-corrected chi connectivity index (χ4v) is 4.30. The third kappa shape index (κ3) is 4.06. The number of rotatable bonds is 7. The van der Waals surface area contributed by atoms with Crippen molar-refractivity contribution in [1.82, 2.24) is 4.98 Å². The Balaban J connectivity index is 1.83. The molecule has 0 saturated heterocycles. The second-order valence-electron chi connectivity index (χ2n) is 6.83. The molecule has 0 atom stereocenters. The average molecular weight is 439 g/mol. The van der Waals surface area contributed by atoms with Gasteiger partial charge >= 0.3 is 0 Å². The van der Waals surface area contributed by atoms with E-state index < -0.39 is 0 Å². The molecule has 0 fully saturated rings. The number of carbonyl (C=O) groups is 1. The van der Waals surface area contributed by atoms with Crippen molar-refractivity contribution in [2.75, 3.05) is 26.2 Å². The molecule has 31 heavy (non-hydrogen) atoms. The number of methoxy groups -OCH3 is 3.